The van der Waals surface area contributed by atoms with E-state index in [1.165, 1.54) is 23.6 Å². The van der Waals surface area contributed by atoms with E-state index in [1.54, 1.807) is 30.3 Å². The first-order chi connectivity index (χ1) is 15.0. The topological polar surface area (TPSA) is 105 Å². The molecule has 2 atom stereocenters. The second-order valence-corrected chi connectivity index (χ2v) is 8.45. The average molecular weight is 445 g/mol. The summed E-state index contributed by atoms with van der Waals surface area (Å²) in [7, 11) is 0. The molecule has 0 aliphatic carbocycles. The average Bonchev–Trinajstić information content (AvgIpc) is 2.80. The molecule has 3 aliphatic rings. The number of nitrogens with zero attached hydrogens (tertiary/aromatic N) is 2. The van der Waals surface area contributed by atoms with E-state index in [1.807, 2.05) is 4.90 Å². The van der Waals surface area contributed by atoms with Gasteiger partial charge in [-0.2, -0.15) is 0 Å². The number of ketones is 1. The fourth-order valence-electron chi connectivity index (χ4n) is 3.79. The second kappa shape index (κ2) is 9.11. The van der Waals surface area contributed by atoms with Gasteiger partial charge in [0.05, 0.1) is 18.9 Å². The smallest absolute Gasteiger partial charge is 0.357 e. The van der Waals surface area contributed by atoms with Crippen LogP contribution in [0.25, 0.3) is 0 Å². The van der Waals surface area contributed by atoms with Crippen molar-refractivity contribution in [3.63, 3.8) is 0 Å². The van der Waals surface area contributed by atoms with Gasteiger partial charge >= 0.3 is 5.97 Å². The number of carbonyl (C=O) groups is 4. The van der Waals surface area contributed by atoms with E-state index >= 15 is 0 Å². The van der Waals surface area contributed by atoms with E-state index in [9.17, 15) is 19.2 Å². The van der Waals surface area contributed by atoms with E-state index in [0.717, 1.165) is 0 Å². The van der Waals surface area contributed by atoms with Gasteiger partial charge in [0, 0.05) is 31.3 Å². The molecular formula is C21H23N3O6S. The maximum atomic E-state index is 13.1. The predicted molar refractivity (Wildman–Crippen MR) is 112 cm³/mol. The number of amides is 2. The lowest BCUT2D eigenvalue weighted by Crippen LogP contribution is -2.71. The molecule has 1 N–H and O–H groups in total. The molecule has 0 saturated carbocycles. The number of nitrogens with one attached hydrogen (secondary N) is 1. The number of Topliss-reactive ketones (excluding diaryl/α,β-unsaturated/α-hetero) is 1. The molecule has 31 heavy (non-hydrogen) atoms. The van der Waals surface area contributed by atoms with Gasteiger partial charge < -0.3 is 19.7 Å². The summed E-state index contributed by atoms with van der Waals surface area (Å²) in [6, 6.07) is 7.89. The third kappa shape index (κ3) is 4.31. The van der Waals surface area contributed by atoms with Crippen LogP contribution >= 0.6 is 11.8 Å². The van der Waals surface area contributed by atoms with E-state index < -0.39 is 18.6 Å². The van der Waals surface area contributed by atoms with E-state index in [0.29, 0.717) is 43.3 Å². The Kier molecular flexibility index (Phi) is 6.28. The molecule has 4 rings (SSSR count). The van der Waals surface area contributed by atoms with Gasteiger partial charge in [0.2, 0.25) is 5.91 Å². The number of benzene rings is 1. The minimum absolute atomic E-state index is 0.151. The molecule has 0 spiro atoms. The van der Waals surface area contributed by atoms with Gasteiger partial charge in [-0.3, -0.25) is 19.3 Å². The lowest BCUT2D eigenvalue weighted by molar-refractivity contribution is -0.152. The highest BCUT2D eigenvalue weighted by Crippen LogP contribution is 2.41. The lowest BCUT2D eigenvalue weighted by atomic mass is 10.0. The number of rotatable bonds is 6. The molecule has 0 bridgehead atoms. The Hall–Kier alpha value is -2.85. The molecule has 1 aromatic carbocycles. The molecule has 3 aliphatic heterocycles. The first-order valence-electron chi connectivity index (χ1n) is 10.0. The van der Waals surface area contributed by atoms with Gasteiger partial charge in [0.25, 0.3) is 5.91 Å². The maximum absolute atomic E-state index is 13.1. The van der Waals surface area contributed by atoms with Crippen molar-refractivity contribution in [3.05, 3.63) is 47.3 Å². The Bertz CT molecular complexity index is 928. The van der Waals surface area contributed by atoms with Crippen LogP contribution in [0.15, 0.2) is 41.7 Å². The monoisotopic (exact) mass is 445 g/mol. The number of ether oxygens (including phenoxy) is 2. The molecule has 3 heterocycles. The molecule has 0 aromatic heterocycles. The molecule has 1 aromatic rings. The minimum Gasteiger partial charge on any atom is -0.453 e. The first kappa shape index (κ1) is 21.4. The molecular weight excluding hydrogens is 422 g/mol. The number of hydrogen-bond donors (Lipinski definition) is 1. The van der Waals surface area contributed by atoms with E-state index in [-0.39, 0.29) is 28.7 Å². The summed E-state index contributed by atoms with van der Waals surface area (Å²) in [5.41, 5.74) is 1.29. The third-order valence-electron chi connectivity index (χ3n) is 5.32. The number of esters is 1. The Morgan fingerprint density at radius 2 is 1.90 bits per heavy atom. The first-order valence-corrected chi connectivity index (χ1v) is 11.0. The molecule has 164 valence electrons. The molecule has 10 heteroatoms. The fraction of sp³-hybridized carbons (Fsp3) is 0.429. The molecule has 2 amide bonds. The fourth-order valence-corrected chi connectivity index (χ4v) is 5.18. The number of β-lactam (4-membered cyclic amide) rings is 1. The quantitative estimate of drug-likeness (QED) is 0.381. The van der Waals surface area contributed by atoms with Gasteiger partial charge in [-0.25, -0.2) is 4.79 Å². The number of fused-ring (bicyclic) bond motifs is 1. The summed E-state index contributed by atoms with van der Waals surface area (Å²) < 4.78 is 10.7. The van der Waals surface area contributed by atoms with Crippen molar-refractivity contribution in [3.8, 4) is 0 Å². The molecule has 9 nitrogen and oxygen atoms in total. The Balaban J connectivity index is 1.55. The summed E-state index contributed by atoms with van der Waals surface area (Å²) in [5.74, 6) is -1.22. The normalized spacial score (nSPS) is 23.1. The van der Waals surface area contributed by atoms with Crippen molar-refractivity contribution in [1.29, 1.82) is 0 Å². The molecule has 0 radical (unpaired) electrons. The van der Waals surface area contributed by atoms with Crippen molar-refractivity contribution in [2.75, 3.05) is 38.7 Å². The van der Waals surface area contributed by atoms with Crippen molar-refractivity contribution in [2.45, 2.75) is 18.3 Å². The lowest BCUT2D eigenvalue weighted by Gasteiger charge is -2.51. The second-order valence-electron chi connectivity index (χ2n) is 7.35. The summed E-state index contributed by atoms with van der Waals surface area (Å²) in [5, 5.41) is 2.26. The largest absolute Gasteiger partial charge is 0.453 e. The van der Waals surface area contributed by atoms with Crippen molar-refractivity contribution in [2.24, 2.45) is 0 Å². The van der Waals surface area contributed by atoms with Gasteiger partial charge in [0.1, 0.15) is 11.4 Å². The van der Waals surface area contributed by atoms with Crippen molar-refractivity contribution < 1.29 is 28.7 Å². The van der Waals surface area contributed by atoms with Crippen molar-refractivity contribution in [1.82, 2.24) is 15.1 Å². The van der Waals surface area contributed by atoms with Crippen LogP contribution in [-0.4, -0.2) is 83.4 Å². The Morgan fingerprint density at radius 1 is 1.19 bits per heavy atom. The third-order valence-corrected chi connectivity index (χ3v) is 6.59. The van der Waals surface area contributed by atoms with Crippen LogP contribution in [0.2, 0.25) is 0 Å². The van der Waals surface area contributed by atoms with Gasteiger partial charge in [-0.1, -0.05) is 30.3 Å². The number of morpholine rings is 1. The highest BCUT2D eigenvalue weighted by molar-refractivity contribution is 8.00. The van der Waals surface area contributed by atoms with Gasteiger partial charge in [-0.05, 0) is 0 Å². The number of hydrogen-bond acceptors (Lipinski definition) is 8. The van der Waals surface area contributed by atoms with Crippen LogP contribution in [0.1, 0.15) is 17.3 Å². The van der Waals surface area contributed by atoms with E-state index in [4.69, 9.17) is 9.47 Å². The van der Waals surface area contributed by atoms with Crippen LogP contribution in [-0.2, 0) is 23.9 Å². The zero-order chi connectivity index (χ0) is 22.0. The Labute approximate surface area is 183 Å². The summed E-state index contributed by atoms with van der Waals surface area (Å²) in [4.78, 5) is 53.1. The number of thioether (sulfide) groups is 1. The zero-order valence-corrected chi connectivity index (χ0v) is 17.9. The Morgan fingerprint density at radius 3 is 2.58 bits per heavy atom. The highest BCUT2D eigenvalue weighted by atomic mass is 32.2. The van der Waals surface area contributed by atoms with Crippen molar-refractivity contribution >= 4 is 35.3 Å². The van der Waals surface area contributed by atoms with Crippen LogP contribution in [0.4, 0.5) is 0 Å². The highest BCUT2D eigenvalue weighted by Gasteiger charge is 2.55. The summed E-state index contributed by atoms with van der Waals surface area (Å²) in [6.45, 7) is 3.17. The summed E-state index contributed by atoms with van der Waals surface area (Å²) >= 11 is 1.49. The predicted octanol–water partition coefficient (Wildman–Crippen LogP) is 0.376. The minimum atomic E-state index is -0.717. The summed E-state index contributed by atoms with van der Waals surface area (Å²) in [6.07, 6.45) is 0. The van der Waals surface area contributed by atoms with Crippen LogP contribution in [0, 0.1) is 0 Å². The van der Waals surface area contributed by atoms with Gasteiger partial charge in [0.15, 0.2) is 18.1 Å². The number of carbonyl (C=O) groups excluding carboxylic acids is 4. The SMILES string of the molecule is CC(=O)NC1C(=O)N2C(C(=O)OCC(=O)c3ccccc3)=C(N3CCOCC3)CS[C@@H]12. The molecule has 2 fully saturated rings. The molecule has 2 saturated heterocycles. The maximum Gasteiger partial charge on any atom is 0.357 e. The standard InChI is InChI=1S/C21H23N3O6S/c1-13(25)22-17-19(27)24-18(15(12-31-20(17)24)23-7-9-29-10-8-23)21(28)30-11-16(26)14-5-3-2-4-6-14/h2-6,17,20H,7-12H2,1H3,(H,22,25)/t17?,20-/m0/s1. The van der Waals surface area contributed by atoms with E-state index in [2.05, 4.69) is 5.32 Å². The zero-order valence-electron chi connectivity index (χ0n) is 17.0. The van der Waals surface area contributed by atoms with Gasteiger partial charge in [-0.15, -0.1) is 11.8 Å². The van der Waals surface area contributed by atoms with Crippen LogP contribution in [0.3, 0.4) is 0 Å². The van der Waals surface area contributed by atoms with Crippen LogP contribution in [0.5, 0.6) is 0 Å². The molecule has 1 unspecified atom stereocenters. The van der Waals surface area contributed by atoms with Crippen LogP contribution < -0.4 is 5.32 Å².